The summed E-state index contributed by atoms with van der Waals surface area (Å²) in [5.41, 5.74) is 4.73. The van der Waals surface area contributed by atoms with E-state index in [0.29, 0.717) is 25.9 Å². The summed E-state index contributed by atoms with van der Waals surface area (Å²) in [5, 5.41) is 10.5. The molecule has 3 N–H and O–H groups in total. The Labute approximate surface area is 172 Å². The first-order valence-electron chi connectivity index (χ1n) is 9.16. The van der Waals surface area contributed by atoms with Gasteiger partial charge in [0.25, 0.3) is 5.91 Å². The van der Waals surface area contributed by atoms with E-state index in [-0.39, 0.29) is 49.5 Å². The van der Waals surface area contributed by atoms with Gasteiger partial charge in [0.1, 0.15) is 6.10 Å². The number of carbonyl (C=O) groups is 1. The number of rotatable bonds is 5. The fourth-order valence-electron chi connectivity index (χ4n) is 3.52. The van der Waals surface area contributed by atoms with E-state index in [2.05, 4.69) is 9.97 Å². The third-order valence-electron chi connectivity index (χ3n) is 4.95. The van der Waals surface area contributed by atoms with Gasteiger partial charge in [-0.2, -0.15) is 13.2 Å². The maximum Gasteiger partial charge on any atom is 0.419 e. The van der Waals surface area contributed by atoms with E-state index in [1.54, 1.807) is 16.7 Å². The molecule has 2 fully saturated rings. The lowest BCUT2D eigenvalue weighted by Gasteiger charge is -2.40. The van der Waals surface area contributed by atoms with Crippen molar-refractivity contribution in [2.45, 2.75) is 50.2 Å². The first-order chi connectivity index (χ1) is 13.2. The highest BCUT2D eigenvalue weighted by Crippen LogP contribution is 2.29. The molecular weight excluding hydrogens is 415 g/mol. The summed E-state index contributed by atoms with van der Waals surface area (Å²) in [7, 11) is 0. The highest BCUT2D eigenvalue weighted by Gasteiger charge is 2.41. The fourth-order valence-corrected chi connectivity index (χ4v) is 3.52. The Morgan fingerprint density at radius 2 is 1.97 bits per heavy atom. The van der Waals surface area contributed by atoms with Crippen molar-refractivity contribution in [2.24, 2.45) is 5.73 Å². The number of nitrogens with zero attached hydrogens (tertiary/aromatic N) is 4. The number of nitrogens with two attached hydrogens (primary N) is 1. The van der Waals surface area contributed by atoms with Gasteiger partial charge in [-0.05, 0) is 13.3 Å². The van der Waals surface area contributed by atoms with Gasteiger partial charge in [-0.1, -0.05) is 0 Å². The first kappa shape index (κ1) is 23.6. The Hall–Kier alpha value is -1.69. The van der Waals surface area contributed by atoms with Gasteiger partial charge < -0.3 is 25.4 Å². The zero-order chi connectivity index (χ0) is 20.5. The van der Waals surface area contributed by atoms with Crippen molar-refractivity contribution < 1.29 is 27.8 Å². The summed E-state index contributed by atoms with van der Waals surface area (Å²) >= 11 is 0. The van der Waals surface area contributed by atoms with Crippen LogP contribution in [0.25, 0.3) is 0 Å². The van der Waals surface area contributed by atoms with E-state index in [1.165, 1.54) is 0 Å². The van der Waals surface area contributed by atoms with Crippen LogP contribution in [-0.2, 0) is 15.7 Å². The lowest BCUT2D eigenvalue weighted by atomic mass is 10.0. The summed E-state index contributed by atoms with van der Waals surface area (Å²) in [5.74, 6) is -0.0414. The van der Waals surface area contributed by atoms with Gasteiger partial charge >= 0.3 is 6.18 Å². The molecule has 4 atom stereocenters. The number of aliphatic hydroxyl groups excluding tert-OH is 1. The molecule has 0 spiro atoms. The number of likely N-dealkylation sites (tertiary alicyclic amines) is 1. The van der Waals surface area contributed by atoms with Crippen molar-refractivity contribution in [1.82, 2.24) is 14.9 Å². The van der Waals surface area contributed by atoms with Gasteiger partial charge in [0.05, 0.1) is 24.3 Å². The average molecular weight is 440 g/mol. The molecule has 2 unspecified atom stereocenters. The minimum absolute atomic E-state index is 0. The molecule has 8 nitrogen and oxygen atoms in total. The number of alkyl halides is 3. The molecule has 0 saturated carbocycles. The quantitative estimate of drug-likeness (QED) is 0.699. The van der Waals surface area contributed by atoms with Crippen LogP contribution >= 0.6 is 12.4 Å². The molecule has 1 aromatic rings. The minimum atomic E-state index is -4.50. The van der Waals surface area contributed by atoms with Crippen molar-refractivity contribution in [3.8, 4) is 0 Å². The largest absolute Gasteiger partial charge is 0.419 e. The van der Waals surface area contributed by atoms with Gasteiger partial charge in [-0.15, -0.1) is 12.4 Å². The van der Waals surface area contributed by atoms with Crippen molar-refractivity contribution >= 4 is 24.3 Å². The Balaban J connectivity index is 0.00000300. The number of halogens is 4. The molecule has 2 aliphatic rings. The van der Waals surface area contributed by atoms with E-state index in [9.17, 15) is 23.1 Å². The second-order valence-electron chi connectivity index (χ2n) is 7.26. The molecule has 164 valence electrons. The normalized spacial score (nSPS) is 26.4. The minimum Gasteiger partial charge on any atom is -0.389 e. The third-order valence-corrected chi connectivity index (χ3v) is 4.95. The van der Waals surface area contributed by atoms with E-state index in [0.717, 1.165) is 12.4 Å². The molecule has 3 heterocycles. The van der Waals surface area contributed by atoms with Crippen LogP contribution in [0.2, 0.25) is 0 Å². The Morgan fingerprint density at radius 1 is 1.31 bits per heavy atom. The zero-order valence-corrected chi connectivity index (χ0v) is 16.7. The van der Waals surface area contributed by atoms with Gasteiger partial charge in [0.15, 0.2) is 0 Å². The summed E-state index contributed by atoms with van der Waals surface area (Å²) in [4.78, 5) is 23.3. The summed E-state index contributed by atoms with van der Waals surface area (Å²) in [6, 6.07) is -0.540. The topological polar surface area (TPSA) is 105 Å². The van der Waals surface area contributed by atoms with Crippen LogP contribution in [0, 0.1) is 0 Å². The predicted molar refractivity (Wildman–Crippen MR) is 101 cm³/mol. The van der Waals surface area contributed by atoms with Crippen LogP contribution in [0.4, 0.5) is 19.1 Å². The lowest BCUT2D eigenvalue weighted by molar-refractivity contribution is -0.141. The van der Waals surface area contributed by atoms with Gasteiger partial charge in [0.2, 0.25) is 5.95 Å². The van der Waals surface area contributed by atoms with Crippen LogP contribution in [-0.4, -0.2) is 76.4 Å². The predicted octanol–water partition coefficient (Wildman–Crippen LogP) is 0.821. The zero-order valence-electron chi connectivity index (χ0n) is 15.9. The summed E-state index contributed by atoms with van der Waals surface area (Å²) in [6.45, 7) is 3.12. The van der Waals surface area contributed by atoms with Crippen molar-refractivity contribution in [3.63, 3.8) is 0 Å². The second-order valence-corrected chi connectivity index (χ2v) is 7.26. The maximum atomic E-state index is 12.6. The van der Waals surface area contributed by atoms with Crippen LogP contribution in [0.5, 0.6) is 0 Å². The van der Waals surface area contributed by atoms with Gasteiger partial charge in [-0.3, -0.25) is 4.79 Å². The lowest BCUT2D eigenvalue weighted by Crippen LogP contribution is -2.55. The molecule has 2 aliphatic heterocycles. The molecule has 2 saturated heterocycles. The molecule has 1 amide bonds. The number of aliphatic hydroxyl groups is 1. The second kappa shape index (κ2) is 9.41. The highest BCUT2D eigenvalue weighted by atomic mass is 35.5. The van der Waals surface area contributed by atoms with Gasteiger partial charge in [0, 0.05) is 44.5 Å². The summed E-state index contributed by atoms with van der Waals surface area (Å²) in [6.07, 6.45) is -3.46. The number of piperidine rings is 1. The van der Waals surface area contributed by atoms with Crippen molar-refractivity contribution in [3.05, 3.63) is 18.0 Å². The molecule has 12 heteroatoms. The average Bonchev–Trinajstić information content (AvgIpc) is 3.00. The molecule has 0 radical (unpaired) electrons. The van der Waals surface area contributed by atoms with Crippen LogP contribution in [0.15, 0.2) is 12.4 Å². The standard InChI is InChI=1S/C17H24F3N5O3.ClH/c1-10(21)9-28-14-3-5-25(15(14)27)12-2-4-24(8-13(12)26)16-22-6-11(7-23-16)17(18,19)20;/h6-7,10,12-14,26H,2-5,8-9,21H2,1H3;1H/t10?,12-,13+,14?;/m1./s1. The third kappa shape index (κ3) is 5.47. The molecule has 0 bridgehead atoms. The molecule has 0 aromatic carbocycles. The van der Waals surface area contributed by atoms with Crippen LogP contribution in [0.3, 0.4) is 0 Å². The number of amides is 1. The number of carbonyl (C=O) groups excluding carboxylic acids is 1. The SMILES string of the molecule is CC(N)COC1CCN([C@@H]2CCN(c3ncc(C(F)(F)F)cn3)C[C@@H]2O)C1=O.Cl. The first-order valence-corrected chi connectivity index (χ1v) is 9.16. The van der Waals surface area contributed by atoms with E-state index in [1.807, 2.05) is 0 Å². The van der Waals surface area contributed by atoms with Gasteiger partial charge in [-0.25, -0.2) is 9.97 Å². The number of ether oxygens (including phenoxy) is 1. The Bertz CT molecular complexity index is 692. The smallest absolute Gasteiger partial charge is 0.389 e. The molecular formula is C17H25ClF3N5O3. The Morgan fingerprint density at radius 3 is 2.52 bits per heavy atom. The number of β-amino-alcohol motifs (C(OH)–C–C–N with tert-alkyl or cyclic N) is 1. The number of hydrogen-bond acceptors (Lipinski definition) is 7. The van der Waals surface area contributed by atoms with E-state index >= 15 is 0 Å². The van der Waals surface area contributed by atoms with Crippen molar-refractivity contribution in [2.75, 3.05) is 31.1 Å². The van der Waals surface area contributed by atoms with E-state index < -0.39 is 23.9 Å². The molecule has 3 rings (SSSR count). The van der Waals surface area contributed by atoms with Crippen molar-refractivity contribution in [1.29, 1.82) is 0 Å². The van der Waals surface area contributed by atoms with Crippen LogP contribution in [0.1, 0.15) is 25.3 Å². The number of aromatic nitrogens is 2. The molecule has 0 aliphatic carbocycles. The summed E-state index contributed by atoms with van der Waals surface area (Å²) < 4.78 is 43.4. The number of anilines is 1. The highest BCUT2D eigenvalue weighted by molar-refractivity contribution is 5.85. The number of hydrogen-bond donors (Lipinski definition) is 2. The van der Waals surface area contributed by atoms with Crippen LogP contribution < -0.4 is 10.6 Å². The molecule has 1 aromatic heterocycles. The fraction of sp³-hybridized carbons (Fsp3) is 0.706. The monoisotopic (exact) mass is 439 g/mol. The molecule has 29 heavy (non-hydrogen) atoms. The maximum absolute atomic E-state index is 12.6. The van der Waals surface area contributed by atoms with E-state index in [4.69, 9.17) is 10.5 Å². The Kier molecular flexibility index (Phi) is 7.66.